The summed E-state index contributed by atoms with van der Waals surface area (Å²) in [7, 11) is 0. The van der Waals surface area contributed by atoms with Gasteiger partial charge in [0.25, 0.3) is 5.69 Å². The lowest BCUT2D eigenvalue weighted by molar-refractivity contribution is -0.384. The second-order valence-corrected chi connectivity index (χ2v) is 6.28. The molecule has 2 aromatic rings. The Labute approximate surface area is 125 Å². The molecule has 0 spiro atoms. The van der Waals surface area contributed by atoms with Gasteiger partial charge >= 0.3 is 0 Å². The third-order valence-electron chi connectivity index (χ3n) is 2.88. The number of halogens is 1. The fourth-order valence-corrected chi connectivity index (χ4v) is 3.07. The summed E-state index contributed by atoms with van der Waals surface area (Å²) in [4.78, 5) is 16.0. The highest BCUT2D eigenvalue weighted by Crippen LogP contribution is 2.31. The Morgan fingerprint density at radius 2 is 2.15 bits per heavy atom. The molecule has 1 aromatic heterocycles. The van der Waals surface area contributed by atoms with Gasteiger partial charge in [-0.15, -0.1) is 11.3 Å². The summed E-state index contributed by atoms with van der Waals surface area (Å²) in [6.45, 7) is 5.91. The molecule has 20 heavy (non-hydrogen) atoms. The van der Waals surface area contributed by atoms with Crippen LogP contribution in [-0.2, 0) is 0 Å². The summed E-state index contributed by atoms with van der Waals surface area (Å²) in [5.74, 6) is 0. The fourth-order valence-electron chi connectivity index (χ4n) is 1.99. The van der Waals surface area contributed by atoms with Crippen molar-refractivity contribution in [1.29, 1.82) is 0 Å². The molecular formula is C13H14ClN3O2S. The Balaban J connectivity index is 2.27. The van der Waals surface area contributed by atoms with Crippen molar-refractivity contribution < 1.29 is 4.92 Å². The zero-order valence-corrected chi connectivity index (χ0v) is 12.9. The number of nitrogens with zero attached hydrogens (tertiary/aromatic N) is 2. The maximum Gasteiger partial charge on any atom is 0.271 e. The number of nitrogens with one attached hydrogen (secondary N) is 1. The number of hydrogen-bond acceptors (Lipinski definition) is 5. The first-order chi connectivity index (χ1) is 9.38. The maximum atomic E-state index is 10.8. The monoisotopic (exact) mass is 311 g/mol. The van der Waals surface area contributed by atoms with E-state index in [9.17, 15) is 10.1 Å². The van der Waals surface area contributed by atoms with Crippen LogP contribution in [0, 0.1) is 24.0 Å². The fraction of sp³-hybridized carbons (Fsp3) is 0.308. The quantitative estimate of drug-likeness (QED) is 0.667. The van der Waals surface area contributed by atoms with Crippen molar-refractivity contribution in [3.05, 3.63) is 48.9 Å². The van der Waals surface area contributed by atoms with Crippen molar-refractivity contribution in [2.24, 2.45) is 0 Å². The second-order valence-electron chi connectivity index (χ2n) is 4.46. The molecule has 5 nitrogen and oxygen atoms in total. The molecule has 1 aromatic carbocycles. The highest BCUT2D eigenvalue weighted by Gasteiger charge is 2.16. The van der Waals surface area contributed by atoms with Gasteiger partial charge in [-0.1, -0.05) is 11.6 Å². The van der Waals surface area contributed by atoms with Crippen LogP contribution in [0.25, 0.3) is 0 Å². The number of anilines is 1. The Hall–Kier alpha value is -1.66. The Bertz CT molecular complexity index is 657. The molecule has 7 heteroatoms. The van der Waals surface area contributed by atoms with Crippen molar-refractivity contribution in [3.8, 4) is 0 Å². The summed E-state index contributed by atoms with van der Waals surface area (Å²) in [5.41, 5.74) is 1.49. The summed E-state index contributed by atoms with van der Waals surface area (Å²) < 4.78 is 0. The van der Waals surface area contributed by atoms with Crippen molar-refractivity contribution in [2.45, 2.75) is 26.8 Å². The number of non-ortho nitro benzene ring substituents is 1. The van der Waals surface area contributed by atoms with E-state index in [2.05, 4.69) is 10.3 Å². The minimum Gasteiger partial charge on any atom is -0.375 e. The van der Waals surface area contributed by atoms with Crippen LogP contribution in [-0.4, -0.2) is 9.91 Å². The van der Waals surface area contributed by atoms with Gasteiger partial charge in [-0.2, -0.15) is 0 Å². The molecule has 2 rings (SSSR count). The topological polar surface area (TPSA) is 68.1 Å². The first-order valence-corrected chi connectivity index (χ1v) is 7.22. The van der Waals surface area contributed by atoms with E-state index in [1.165, 1.54) is 18.2 Å². The molecule has 0 amide bonds. The molecule has 0 aliphatic rings. The summed E-state index contributed by atoms with van der Waals surface area (Å²) in [6, 6.07) is 4.27. The molecule has 0 aliphatic heterocycles. The van der Waals surface area contributed by atoms with Crippen LogP contribution in [0.1, 0.15) is 28.5 Å². The van der Waals surface area contributed by atoms with Crippen LogP contribution in [0.2, 0.25) is 5.02 Å². The molecule has 1 atom stereocenters. The van der Waals surface area contributed by atoms with E-state index in [4.69, 9.17) is 11.6 Å². The van der Waals surface area contributed by atoms with Gasteiger partial charge in [-0.3, -0.25) is 10.1 Å². The number of nitro benzene ring substituents is 1. The van der Waals surface area contributed by atoms with Crippen LogP contribution in [0.15, 0.2) is 18.2 Å². The first kappa shape index (κ1) is 14.7. The highest BCUT2D eigenvalue weighted by molar-refractivity contribution is 7.11. The van der Waals surface area contributed by atoms with Crippen LogP contribution >= 0.6 is 22.9 Å². The lowest BCUT2D eigenvalue weighted by atomic mass is 10.2. The zero-order valence-electron chi connectivity index (χ0n) is 11.3. The van der Waals surface area contributed by atoms with Gasteiger partial charge in [0.05, 0.1) is 32.4 Å². The minimum atomic E-state index is -0.440. The normalized spacial score (nSPS) is 12.2. The van der Waals surface area contributed by atoms with E-state index in [0.717, 1.165) is 15.6 Å². The van der Waals surface area contributed by atoms with E-state index in [-0.39, 0.29) is 11.7 Å². The van der Waals surface area contributed by atoms with Gasteiger partial charge in [-0.05, 0) is 26.8 Å². The molecule has 1 unspecified atom stereocenters. The van der Waals surface area contributed by atoms with Gasteiger partial charge in [0.15, 0.2) is 0 Å². The lowest BCUT2D eigenvalue weighted by Gasteiger charge is -2.15. The summed E-state index contributed by atoms with van der Waals surface area (Å²) in [5, 5.41) is 15.4. The van der Waals surface area contributed by atoms with Crippen molar-refractivity contribution in [1.82, 2.24) is 4.98 Å². The van der Waals surface area contributed by atoms with E-state index in [0.29, 0.717) is 10.7 Å². The summed E-state index contributed by atoms with van der Waals surface area (Å²) >= 11 is 7.70. The van der Waals surface area contributed by atoms with Gasteiger partial charge < -0.3 is 5.32 Å². The van der Waals surface area contributed by atoms with Crippen LogP contribution < -0.4 is 5.32 Å². The molecule has 0 saturated carbocycles. The number of thiazole rings is 1. The van der Waals surface area contributed by atoms with Crippen molar-refractivity contribution in [2.75, 3.05) is 5.32 Å². The van der Waals surface area contributed by atoms with Crippen LogP contribution in [0.4, 0.5) is 11.4 Å². The molecule has 0 radical (unpaired) electrons. The van der Waals surface area contributed by atoms with E-state index in [1.807, 2.05) is 20.8 Å². The summed E-state index contributed by atoms with van der Waals surface area (Å²) in [6.07, 6.45) is 0. The Morgan fingerprint density at radius 3 is 2.70 bits per heavy atom. The maximum absolute atomic E-state index is 10.8. The average molecular weight is 312 g/mol. The number of benzene rings is 1. The Kier molecular flexibility index (Phi) is 4.25. The predicted octanol–water partition coefficient (Wildman–Crippen LogP) is 4.49. The van der Waals surface area contributed by atoms with E-state index in [1.54, 1.807) is 11.3 Å². The number of aryl methyl sites for hydroxylation is 2. The number of aromatic nitrogens is 1. The third-order valence-corrected chi connectivity index (χ3v) is 4.11. The van der Waals surface area contributed by atoms with E-state index >= 15 is 0 Å². The highest BCUT2D eigenvalue weighted by atomic mass is 35.5. The first-order valence-electron chi connectivity index (χ1n) is 6.03. The number of hydrogen-bond donors (Lipinski definition) is 1. The second kappa shape index (κ2) is 5.76. The molecule has 106 valence electrons. The molecule has 0 bridgehead atoms. The minimum absolute atomic E-state index is 0.00952. The molecule has 0 aliphatic carbocycles. The largest absolute Gasteiger partial charge is 0.375 e. The smallest absolute Gasteiger partial charge is 0.271 e. The van der Waals surface area contributed by atoms with Crippen molar-refractivity contribution in [3.63, 3.8) is 0 Å². The van der Waals surface area contributed by atoms with Crippen LogP contribution in [0.3, 0.4) is 0 Å². The third kappa shape index (κ3) is 3.08. The van der Waals surface area contributed by atoms with E-state index < -0.39 is 4.92 Å². The van der Waals surface area contributed by atoms with Crippen molar-refractivity contribution >= 4 is 34.3 Å². The zero-order chi connectivity index (χ0) is 14.9. The molecule has 0 saturated heterocycles. The molecule has 1 heterocycles. The standard InChI is InChI=1S/C13H14ClN3O2S/c1-7(13-8(2)20-9(3)16-13)15-12-6-10(17(18)19)4-5-11(12)14/h4-7,15H,1-3H3. The SMILES string of the molecule is Cc1nc(C(C)Nc2cc([N+](=O)[O-])ccc2Cl)c(C)s1. The van der Waals surface area contributed by atoms with Crippen LogP contribution in [0.5, 0.6) is 0 Å². The number of rotatable bonds is 4. The molecule has 1 N–H and O–H groups in total. The van der Waals surface area contributed by atoms with Gasteiger partial charge in [-0.25, -0.2) is 4.98 Å². The average Bonchev–Trinajstić information content (AvgIpc) is 2.71. The Morgan fingerprint density at radius 1 is 1.45 bits per heavy atom. The lowest BCUT2D eigenvalue weighted by Crippen LogP contribution is -2.09. The predicted molar refractivity (Wildman–Crippen MR) is 81.7 cm³/mol. The molecular weight excluding hydrogens is 298 g/mol. The molecule has 0 fully saturated rings. The van der Waals surface area contributed by atoms with Gasteiger partial charge in [0.1, 0.15) is 0 Å². The van der Waals surface area contributed by atoms with Gasteiger partial charge in [0, 0.05) is 17.0 Å². The number of nitro groups is 1. The van der Waals surface area contributed by atoms with Gasteiger partial charge in [0.2, 0.25) is 0 Å².